The van der Waals surface area contributed by atoms with Crippen LogP contribution in [-0.2, 0) is 0 Å². The Morgan fingerprint density at radius 3 is 2.88 bits per heavy atom. The Morgan fingerprint density at radius 2 is 2.06 bits per heavy atom. The van der Waals surface area contributed by atoms with Gasteiger partial charge in [-0.1, -0.05) is 0 Å². The SMILES string of the molecule is C/N=c1/ccc2nc3ccc(N)cc3sc-2c1. The summed E-state index contributed by atoms with van der Waals surface area (Å²) in [5.74, 6) is 0. The van der Waals surface area contributed by atoms with E-state index in [-0.39, 0.29) is 0 Å². The fraction of sp³-hybridized carbons (Fsp3) is 0.0769. The highest BCUT2D eigenvalue weighted by molar-refractivity contribution is 7.21. The van der Waals surface area contributed by atoms with Crippen LogP contribution < -0.4 is 11.1 Å². The normalized spacial score (nSPS) is 12.4. The van der Waals surface area contributed by atoms with Crippen LogP contribution >= 0.6 is 11.3 Å². The van der Waals surface area contributed by atoms with Crippen molar-refractivity contribution in [3.8, 4) is 10.6 Å². The van der Waals surface area contributed by atoms with Gasteiger partial charge in [0.1, 0.15) is 0 Å². The lowest BCUT2D eigenvalue weighted by molar-refractivity contribution is 1.26. The molecule has 1 aliphatic heterocycles. The van der Waals surface area contributed by atoms with Gasteiger partial charge in [-0.3, -0.25) is 4.99 Å². The third-order valence-electron chi connectivity index (χ3n) is 2.65. The van der Waals surface area contributed by atoms with Crippen molar-refractivity contribution in [1.82, 2.24) is 4.98 Å². The number of aromatic nitrogens is 1. The van der Waals surface area contributed by atoms with E-state index in [1.54, 1.807) is 18.4 Å². The average molecular weight is 241 g/mol. The first-order chi connectivity index (χ1) is 8.26. The fourth-order valence-corrected chi connectivity index (χ4v) is 2.82. The molecule has 0 saturated heterocycles. The summed E-state index contributed by atoms with van der Waals surface area (Å²) in [4.78, 5) is 9.91. The van der Waals surface area contributed by atoms with E-state index in [0.717, 1.165) is 31.8 Å². The van der Waals surface area contributed by atoms with Gasteiger partial charge in [0.05, 0.1) is 26.1 Å². The Bertz CT molecular complexity index is 730. The van der Waals surface area contributed by atoms with Gasteiger partial charge in [0, 0.05) is 12.7 Å². The number of hydrogen-bond acceptors (Lipinski definition) is 4. The van der Waals surface area contributed by atoms with Crippen molar-refractivity contribution >= 4 is 27.2 Å². The molecule has 0 amide bonds. The number of anilines is 1. The predicted molar refractivity (Wildman–Crippen MR) is 72.1 cm³/mol. The second kappa shape index (κ2) is 3.82. The number of nitrogens with two attached hydrogens (primary N) is 1. The van der Waals surface area contributed by atoms with Crippen LogP contribution in [0.2, 0.25) is 0 Å². The molecule has 3 nitrogen and oxygen atoms in total. The molecule has 0 bridgehead atoms. The number of fused-ring (bicyclic) bond motifs is 2. The molecular weight excluding hydrogens is 230 g/mol. The number of nitrogen functional groups attached to an aromatic ring is 1. The van der Waals surface area contributed by atoms with Crippen molar-refractivity contribution in [2.75, 3.05) is 12.8 Å². The van der Waals surface area contributed by atoms with Crippen LogP contribution in [0.1, 0.15) is 0 Å². The second-order valence-electron chi connectivity index (χ2n) is 3.82. The third-order valence-corrected chi connectivity index (χ3v) is 3.74. The largest absolute Gasteiger partial charge is 0.399 e. The Balaban J connectivity index is 2.41. The zero-order valence-electron chi connectivity index (χ0n) is 9.34. The zero-order valence-corrected chi connectivity index (χ0v) is 10.2. The van der Waals surface area contributed by atoms with E-state index in [1.807, 2.05) is 30.3 Å². The zero-order chi connectivity index (χ0) is 11.8. The Morgan fingerprint density at radius 1 is 1.18 bits per heavy atom. The maximum atomic E-state index is 5.78. The molecule has 2 N–H and O–H groups in total. The highest BCUT2D eigenvalue weighted by atomic mass is 32.1. The van der Waals surface area contributed by atoms with Gasteiger partial charge in [0.25, 0.3) is 0 Å². The molecule has 0 fully saturated rings. The lowest BCUT2D eigenvalue weighted by Crippen LogP contribution is -2.00. The van der Waals surface area contributed by atoms with Gasteiger partial charge in [0.15, 0.2) is 0 Å². The van der Waals surface area contributed by atoms with E-state index >= 15 is 0 Å². The number of benzene rings is 2. The summed E-state index contributed by atoms with van der Waals surface area (Å²) >= 11 is 1.69. The van der Waals surface area contributed by atoms with Crippen molar-refractivity contribution in [2.24, 2.45) is 4.99 Å². The summed E-state index contributed by atoms with van der Waals surface area (Å²) in [6.07, 6.45) is 0. The lowest BCUT2D eigenvalue weighted by atomic mass is 10.2. The van der Waals surface area contributed by atoms with Crippen LogP contribution in [0.5, 0.6) is 0 Å². The van der Waals surface area contributed by atoms with Crippen molar-refractivity contribution in [2.45, 2.75) is 0 Å². The molecule has 0 aromatic heterocycles. The lowest BCUT2D eigenvalue weighted by Gasteiger charge is -2.06. The maximum absolute atomic E-state index is 5.78. The highest BCUT2D eigenvalue weighted by Crippen LogP contribution is 2.30. The molecule has 3 rings (SSSR count). The van der Waals surface area contributed by atoms with Crippen LogP contribution in [0.25, 0.3) is 20.8 Å². The maximum Gasteiger partial charge on any atom is 0.0811 e. The molecule has 2 aliphatic rings. The van der Waals surface area contributed by atoms with Gasteiger partial charge in [0.2, 0.25) is 0 Å². The van der Waals surface area contributed by atoms with Crippen LogP contribution in [0.4, 0.5) is 5.69 Å². The van der Waals surface area contributed by atoms with Gasteiger partial charge in [-0.25, -0.2) is 4.98 Å². The number of nitrogens with zero attached hydrogens (tertiary/aromatic N) is 2. The first-order valence-electron chi connectivity index (χ1n) is 5.29. The highest BCUT2D eigenvalue weighted by Gasteiger charge is 2.06. The Labute approximate surface area is 103 Å². The molecule has 0 unspecified atom stereocenters. The molecule has 1 heterocycles. The molecule has 1 aromatic rings. The molecule has 0 spiro atoms. The minimum absolute atomic E-state index is 0.770. The van der Waals surface area contributed by atoms with E-state index in [9.17, 15) is 0 Å². The van der Waals surface area contributed by atoms with E-state index in [4.69, 9.17) is 5.73 Å². The molecular formula is C13H11N3S. The third kappa shape index (κ3) is 1.76. The quantitative estimate of drug-likeness (QED) is 0.485. The molecule has 1 aromatic carbocycles. The van der Waals surface area contributed by atoms with Crippen LogP contribution in [0.3, 0.4) is 0 Å². The fourth-order valence-electron chi connectivity index (χ4n) is 1.77. The molecule has 0 atom stereocenters. The van der Waals surface area contributed by atoms with Crippen molar-refractivity contribution < 1.29 is 0 Å². The monoisotopic (exact) mass is 241 g/mol. The minimum atomic E-state index is 0.770. The summed E-state index contributed by atoms with van der Waals surface area (Å²) in [7, 11) is 1.79. The average Bonchev–Trinajstić information content (AvgIpc) is 2.35. The number of hydrogen-bond donors (Lipinski definition) is 1. The first-order valence-corrected chi connectivity index (χ1v) is 6.11. The van der Waals surface area contributed by atoms with Gasteiger partial charge in [-0.2, -0.15) is 0 Å². The van der Waals surface area contributed by atoms with E-state index in [0.29, 0.717) is 0 Å². The van der Waals surface area contributed by atoms with Crippen LogP contribution in [-0.4, -0.2) is 12.0 Å². The Hall–Kier alpha value is -1.94. The molecule has 17 heavy (non-hydrogen) atoms. The predicted octanol–water partition coefficient (Wildman–Crippen LogP) is 2.51. The number of rotatable bonds is 0. The van der Waals surface area contributed by atoms with E-state index in [2.05, 4.69) is 16.0 Å². The summed E-state index contributed by atoms with van der Waals surface area (Å²) in [5.41, 5.74) is 8.54. The summed E-state index contributed by atoms with van der Waals surface area (Å²) in [6, 6.07) is 11.8. The van der Waals surface area contributed by atoms with Crippen molar-refractivity contribution in [3.05, 3.63) is 41.8 Å². The summed E-state index contributed by atoms with van der Waals surface area (Å²) < 4.78 is 1.10. The molecule has 0 radical (unpaired) electrons. The summed E-state index contributed by atoms with van der Waals surface area (Å²) in [5, 5.41) is 0.971. The van der Waals surface area contributed by atoms with E-state index in [1.165, 1.54) is 0 Å². The standard InChI is InChI=1S/C13H11N3S/c1-15-9-3-5-11-13(7-9)17-12-6-8(14)2-4-10(12)16-11/h2-7H,14H2,1H3/b15-9-. The van der Waals surface area contributed by atoms with E-state index < -0.39 is 0 Å². The molecule has 1 aliphatic carbocycles. The van der Waals surface area contributed by atoms with Crippen molar-refractivity contribution in [1.29, 1.82) is 0 Å². The van der Waals surface area contributed by atoms with Crippen LogP contribution in [0.15, 0.2) is 41.4 Å². The topological polar surface area (TPSA) is 51.3 Å². The minimum Gasteiger partial charge on any atom is -0.399 e. The second-order valence-corrected chi connectivity index (χ2v) is 4.90. The Kier molecular flexibility index (Phi) is 2.30. The molecule has 84 valence electrons. The van der Waals surface area contributed by atoms with Gasteiger partial charge >= 0.3 is 0 Å². The first kappa shape index (κ1) is 10.2. The molecule has 4 heteroatoms. The van der Waals surface area contributed by atoms with Crippen molar-refractivity contribution in [3.63, 3.8) is 0 Å². The van der Waals surface area contributed by atoms with Gasteiger partial charge in [-0.15, -0.1) is 11.3 Å². The molecule has 0 saturated carbocycles. The summed E-state index contributed by atoms with van der Waals surface area (Å²) in [6.45, 7) is 0. The van der Waals surface area contributed by atoms with Gasteiger partial charge < -0.3 is 5.73 Å². The smallest absolute Gasteiger partial charge is 0.0811 e. The van der Waals surface area contributed by atoms with Gasteiger partial charge in [-0.05, 0) is 36.4 Å². The van der Waals surface area contributed by atoms with Crippen LogP contribution in [0, 0.1) is 0 Å².